The summed E-state index contributed by atoms with van der Waals surface area (Å²) in [6, 6.07) is 0.572. The molecule has 7 heteroatoms. The van der Waals surface area contributed by atoms with Gasteiger partial charge in [-0.15, -0.1) is 0 Å². The first kappa shape index (κ1) is 22.0. The largest absolute Gasteiger partial charge is 0.343 e. The molecule has 3 aliphatic rings. The van der Waals surface area contributed by atoms with Gasteiger partial charge in [-0.25, -0.2) is 8.42 Å². The van der Waals surface area contributed by atoms with Crippen LogP contribution in [0.3, 0.4) is 0 Å². The molecule has 0 N–H and O–H groups in total. The standard InChI is InChI=1S/C21H39N3O3S/c1-17(2)14-28(26,27)24-16-21(15-20(24,4)5)8-12-23(13-9-21)19-6-10-22(11-7-19)18(3)25/h17,19H,6-16H2,1-5H3. The topological polar surface area (TPSA) is 60.9 Å². The monoisotopic (exact) mass is 413 g/mol. The average Bonchev–Trinajstić information content (AvgIpc) is 2.86. The predicted molar refractivity (Wildman–Crippen MR) is 113 cm³/mol. The SMILES string of the molecule is CC(=O)N1CCC(N2CCC3(CC2)CN(S(=O)(=O)CC(C)C)C(C)(C)C3)CC1. The fourth-order valence-electron chi connectivity index (χ4n) is 5.81. The Labute approximate surface area is 171 Å². The van der Waals surface area contributed by atoms with Crippen LogP contribution in [0.5, 0.6) is 0 Å². The summed E-state index contributed by atoms with van der Waals surface area (Å²) in [5.41, 5.74) is -0.160. The van der Waals surface area contributed by atoms with Gasteiger partial charge in [-0.05, 0) is 70.4 Å². The van der Waals surface area contributed by atoms with Gasteiger partial charge in [0, 0.05) is 38.1 Å². The zero-order chi connectivity index (χ0) is 20.7. The molecule has 0 atom stereocenters. The molecule has 3 saturated heterocycles. The molecule has 28 heavy (non-hydrogen) atoms. The van der Waals surface area contributed by atoms with Gasteiger partial charge >= 0.3 is 0 Å². The number of amides is 1. The van der Waals surface area contributed by atoms with Crippen molar-refractivity contribution in [2.75, 3.05) is 38.5 Å². The second kappa shape index (κ2) is 7.88. The Morgan fingerprint density at radius 3 is 2.14 bits per heavy atom. The summed E-state index contributed by atoms with van der Waals surface area (Å²) in [5, 5.41) is 0. The van der Waals surface area contributed by atoms with Gasteiger partial charge in [-0.2, -0.15) is 4.31 Å². The summed E-state index contributed by atoms with van der Waals surface area (Å²) in [7, 11) is -3.21. The maximum Gasteiger partial charge on any atom is 0.219 e. The molecular formula is C21H39N3O3S. The van der Waals surface area contributed by atoms with Crippen molar-refractivity contribution >= 4 is 15.9 Å². The van der Waals surface area contributed by atoms with Crippen molar-refractivity contribution in [2.45, 2.75) is 78.3 Å². The number of carbonyl (C=O) groups excluding carboxylic acids is 1. The summed E-state index contributed by atoms with van der Waals surface area (Å²) < 4.78 is 27.8. The lowest BCUT2D eigenvalue weighted by Crippen LogP contribution is -2.50. The van der Waals surface area contributed by atoms with Gasteiger partial charge in [0.15, 0.2) is 0 Å². The molecule has 3 heterocycles. The fourth-order valence-corrected chi connectivity index (χ4v) is 8.12. The second-order valence-corrected chi connectivity index (χ2v) is 12.4. The van der Waals surface area contributed by atoms with E-state index in [1.54, 1.807) is 6.92 Å². The predicted octanol–water partition coefficient (Wildman–Crippen LogP) is 2.55. The van der Waals surface area contributed by atoms with E-state index in [0.717, 1.165) is 58.3 Å². The highest BCUT2D eigenvalue weighted by Gasteiger charge is 2.53. The Balaban J connectivity index is 1.60. The van der Waals surface area contributed by atoms with E-state index in [1.165, 1.54) is 0 Å². The molecule has 3 fully saturated rings. The van der Waals surface area contributed by atoms with Gasteiger partial charge in [0.1, 0.15) is 0 Å². The maximum atomic E-state index is 13.0. The van der Waals surface area contributed by atoms with Crippen molar-refractivity contribution in [1.82, 2.24) is 14.1 Å². The van der Waals surface area contributed by atoms with Crippen LogP contribution in [0.1, 0.15) is 66.7 Å². The first-order valence-corrected chi connectivity index (χ1v) is 12.6. The average molecular weight is 414 g/mol. The number of carbonyl (C=O) groups is 1. The minimum atomic E-state index is -3.21. The molecular weight excluding hydrogens is 374 g/mol. The number of hydrogen-bond acceptors (Lipinski definition) is 4. The third kappa shape index (κ3) is 4.57. The van der Waals surface area contributed by atoms with Crippen molar-refractivity contribution < 1.29 is 13.2 Å². The van der Waals surface area contributed by atoms with Crippen LogP contribution in [0.2, 0.25) is 0 Å². The number of hydrogen-bond donors (Lipinski definition) is 0. The number of piperidine rings is 2. The first-order valence-electron chi connectivity index (χ1n) is 10.9. The lowest BCUT2D eigenvalue weighted by atomic mass is 9.74. The van der Waals surface area contributed by atoms with Crippen LogP contribution in [0.4, 0.5) is 0 Å². The van der Waals surface area contributed by atoms with Crippen molar-refractivity contribution in [1.29, 1.82) is 0 Å². The second-order valence-electron chi connectivity index (χ2n) is 10.4. The van der Waals surface area contributed by atoms with E-state index in [-0.39, 0.29) is 28.5 Å². The molecule has 3 aliphatic heterocycles. The maximum absolute atomic E-state index is 13.0. The molecule has 0 unspecified atom stereocenters. The Hall–Kier alpha value is -0.660. The van der Waals surface area contributed by atoms with Crippen molar-refractivity contribution in [3.05, 3.63) is 0 Å². The lowest BCUT2D eigenvalue weighted by molar-refractivity contribution is -0.130. The molecule has 0 aliphatic carbocycles. The molecule has 162 valence electrons. The van der Waals surface area contributed by atoms with Crippen molar-refractivity contribution in [3.63, 3.8) is 0 Å². The van der Waals surface area contributed by atoms with Crippen LogP contribution >= 0.6 is 0 Å². The highest BCUT2D eigenvalue weighted by atomic mass is 32.2. The van der Waals surface area contributed by atoms with Crippen LogP contribution < -0.4 is 0 Å². The van der Waals surface area contributed by atoms with Crippen molar-refractivity contribution in [2.24, 2.45) is 11.3 Å². The molecule has 0 aromatic rings. The Morgan fingerprint density at radius 1 is 1.07 bits per heavy atom. The van der Waals surface area contributed by atoms with E-state index in [1.807, 2.05) is 23.1 Å². The normalized spacial score (nSPS) is 27.0. The summed E-state index contributed by atoms with van der Waals surface area (Å²) in [5.74, 6) is 0.583. The van der Waals surface area contributed by atoms with Crippen molar-refractivity contribution in [3.8, 4) is 0 Å². The summed E-state index contributed by atoms with van der Waals surface area (Å²) in [6.45, 7) is 14.4. The molecule has 0 aromatic carbocycles. The molecule has 0 radical (unpaired) electrons. The van der Waals surface area contributed by atoms with E-state index in [0.29, 0.717) is 12.6 Å². The van der Waals surface area contributed by atoms with Gasteiger partial charge in [0.2, 0.25) is 15.9 Å². The molecule has 1 spiro atoms. The van der Waals surface area contributed by atoms with E-state index in [2.05, 4.69) is 18.7 Å². The third-order valence-corrected chi connectivity index (χ3v) is 9.51. The fraction of sp³-hybridized carbons (Fsp3) is 0.952. The van der Waals surface area contributed by atoms with Crippen LogP contribution in [0, 0.1) is 11.3 Å². The first-order chi connectivity index (χ1) is 12.9. The molecule has 1 amide bonds. The molecule has 0 bridgehead atoms. The van der Waals surface area contributed by atoms with E-state index >= 15 is 0 Å². The summed E-state index contributed by atoms with van der Waals surface area (Å²) >= 11 is 0. The Morgan fingerprint density at radius 2 is 1.64 bits per heavy atom. The molecule has 3 rings (SSSR count). The van der Waals surface area contributed by atoms with Gasteiger partial charge in [-0.3, -0.25) is 4.79 Å². The zero-order valence-electron chi connectivity index (χ0n) is 18.4. The number of rotatable bonds is 4. The highest BCUT2D eigenvalue weighted by molar-refractivity contribution is 7.89. The molecule has 0 saturated carbocycles. The van der Waals surface area contributed by atoms with Crippen LogP contribution in [0.25, 0.3) is 0 Å². The summed E-state index contributed by atoms with van der Waals surface area (Å²) in [6.07, 6.45) is 5.25. The van der Waals surface area contributed by atoms with Gasteiger partial charge in [-0.1, -0.05) is 13.8 Å². The number of nitrogens with zero attached hydrogens (tertiary/aromatic N) is 3. The van der Waals surface area contributed by atoms with Crippen LogP contribution in [0.15, 0.2) is 0 Å². The quantitative estimate of drug-likeness (QED) is 0.711. The molecule has 6 nitrogen and oxygen atoms in total. The van der Waals surface area contributed by atoms with Crippen LogP contribution in [-0.4, -0.2) is 78.5 Å². The Kier molecular flexibility index (Phi) is 6.20. The number of likely N-dealkylation sites (tertiary alicyclic amines) is 2. The van der Waals surface area contributed by atoms with Gasteiger partial charge in [0.05, 0.1) is 5.75 Å². The van der Waals surface area contributed by atoms with E-state index in [9.17, 15) is 13.2 Å². The van der Waals surface area contributed by atoms with E-state index < -0.39 is 10.0 Å². The third-order valence-electron chi connectivity index (χ3n) is 7.13. The Bertz CT molecular complexity index is 673. The minimum absolute atomic E-state index is 0.129. The highest BCUT2D eigenvalue weighted by Crippen LogP contribution is 2.49. The lowest BCUT2D eigenvalue weighted by Gasteiger charge is -2.45. The smallest absolute Gasteiger partial charge is 0.219 e. The molecule has 0 aromatic heterocycles. The van der Waals surface area contributed by atoms with Gasteiger partial charge in [0.25, 0.3) is 0 Å². The minimum Gasteiger partial charge on any atom is -0.343 e. The van der Waals surface area contributed by atoms with Crippen LogP contribution in [-0.2, 0) is 14.8 Å². The summed E-state index contributed by atoms with van der Waals surface area (Å²) in [4.78, 5) is 16.1. The van der Waals surface area contributed by atoms with E-state index in [4.69, 9.17) is 0 Å². The van der Waals surface area contributed by atoms with Gasteiger partial charge < -0.3 is 9.80 Å². The number of sulfonamides is 1. The zero-order valence-corrected chi connectivity index (χ0v) is 19.2.